The van der Waals surface area contributed by atoms with Crippen LogP contribution in [0, 0.1) is 6.92 Å². The van der Waals surface area contributed by atoms with Gasteiger partial charge in [-0.05, 0) is 37.1 Å². The molecular formula is C16H16ClNO. The summed E-state index contributed by atoms with van der Waals surface area (Å²) >= 11 is 6.06. The molecule has 0 unspecified atom stereocenters. The number of hydrogen-bond donors (Lipinski definition) is 1. The largest absolute Gasteiger partial charge is 0.352 e. The van der Waals surface area contributed by atoms with Crippen molar-refractivity contribution < 1.29 is 4.79 Å². The van der Waals surface area contributed by atoms with Crippen LogP contribution in [0.4, 0.5) is 0 Å². The fraction of sp³-hybridized carbons (Fsp3) is 0.188. The summed E-state index contributed by atoms with van der Waals surface area (Å²) in [5.41, 5.74) is 2.88. The number of halogens is 1. The van der Waals surface area contributed by atoms with Gasteiger partial charge in [-0.3, -0.25) is 4.79 Å². The number of hydrogen-bond acceptors (Lipinski definition) is 1. The normalized spacial score (nSPS) is 10.2. The van der Waals surface area contributed by atoms with Crippen LogP contribution in [0.15, 0.2) is 48.5 Å². The van der Waals surface area contributed by atoms with E-state index in [2.05, 4.69) is 5.32 Å². The van der Waals surface area contributed by atoms with Crippen molar-refractivity contribution in [3.05, 3.63) is 70.2 Å². The molecule has 0 atom stereocenters. The predicted octanol–water partition coefficient (Wildman–Crippen LogP) is 3.62. The molecule has 0 saturated carbocycles. The maximum absolute atomic E-state index is 11.9. The lowest BCUT2D eigenvalue weighted by Crippen LogP contribution is -2.25. The lowest BCUT2D eigenvalue weighted by Gasteiger charge is -2.07. The summed E-state index contributed by atoms with van der Waals surface area (Å²) in [5, 5.41) is 3.64. The second-order valence-corrected chi connectivity index (χ2v) is 4.87. The number of amides is 1. The maximum Gasteiger partial charge on any atom is 0.251 e. The van der Waals surface area contributed by atoms with Crippen molar-refractivity contribution in [2.45, 2.75) is 13.3 Å². The van der Waals surface area contributed by atoms with Gasteiger partial charge in [0.1, 0.15) is 0 Å². The van der Waals surface area contributed by atoms with Crippen LogP contribution in [0.5, 0.6) is 0 Å². The first-order valence-electron chi connectivity index (χ1n) is 6.25. The van der Waals surface area contributed by atoms with E-state index in [0.29, 0.717) is 12.1 Å². The molecule has 19 heavy (non-hydrogen) atoms. The average molecular weight is 274 g/mol. The number of benzene rings is 2. The third kappa shape index (κ3) is 3.83. The van der Waals surface area contributed by atoms with Crippen LogP contribution in [0.3, 0.4) is 0 Å². The lowest BCUT2D eigenvalue weighted by molar-refractivity contribution is 0.0954. The summed E-state index contributed by atoms with van der Waals surface area (Å²) in [5.74, 6) is -0.0490. The van der Waals surface area contributed by atoms with Gasteiger partial charge in [-0.1, -0.05) is 47.5 Å². The fourth-order valence-corrected chi connectivity index (χ4v) is 2.05. The van der Waals surface area contributed by atoms with Gasteiger partial charge in [0.2, 0.25) is 0 Å². The number of carbonyl (C=O) groups excluding carboxylic acids is 1. The Morgan fingerprint density at radius 1 is 1.11 bits per heavy atom. The highest BCUT2D eigenvalue weighted by atomic mass is 35.5. The van der Waals surface area contributed by atoms with Crippen LogP contribution < -0.4 is 5.32 Å². The Balaban J connectivity index is 1.88. The zero-order valence-electron chi connectivity index (χ0n) is 10.8. The van der Waals surface area contributed by atoms with E-state index in [9.17, 15) is 4.79 Å². The average Bonchev–Trinajstić information content (AvgIpc) is 2.41. The number of rotatable bonds is 4. The van der Waals surface area contributed by atoms with Gasteiger partial charge in [0.15, 0.2) is 0 Å². The molecule has 0 radical (unpaired) electrons. The Morgan fingerprint density at radius 2 is 1.79 bits per heavy atom. The van der Waals surface area contributed by atoms with E-state index in [4.69, 9.17) is 11.6 Å². The van der Waals surface area contributed by atoms with Gasteiger partial charge < -0.3 is 5.32 Å². The standard InChI is InChI=1S/C16H16ClNO/c1-12-6-8-14(9-7-12)16(19)18-11-10-13-4-2-3-5-15(13)17/h2-9H,10-11H2,1H3,(H,18,19). The minimum absolute atomic E-state index is 0.0490. The van der Waals surface area contributed by atoms with Crippen LogP contribution in [0.1, 0.15) is 21.5 Å². The van der Waals surface area contributed by atoms with Gasteiger partial charge in [-0.2, -0.15) is 0 Å². The first kappa shape index (κ1) is 13.6. The second-order valence-electron chi connectivity index (χ2n) is 4.46. The molecule has 2 aromatic rings. The molecule has 2 aromatic carbocycles. The summed E-state index contributed by atoms with van der Waals surface area (Å²) in [7, 11) is 0. The second kappa shape index (κ2) is 6.39. The van der Waals surface area contributed by atoms with E-state index < -0.39 is 0 Å². The van der Waals surface area contributed by atoms with Gasteiger partial charge >= 0.3 is 0 Å². The SMILES string of the molecule is Cc1ccc(C(=O)NCCc2ccccc2Cl)cc1. The molecule has 0 aromatic heterocycles. The molecule has 0 aliphatic carbocycles. The molecule has 0 saturated heterocycles. The zero-order valence-corrected chi connectivity index (χ0v) is 11.6. The number of carbonyl (C=O) groups is 1. The van der Waals surface area contributed by atoms with E-state index in [1.165, 1.54) is 0 Å². The Kier molecular flexibility index (Phi) is 4.58. The molecule has 2 nitrogen and oxygen atoms in total. The van der Waals surface area contributed by atoms with E-state index >= 15 is 0 Å². The molecule has 1 N–H and O–H groups in total. The van der Waals surface area contributed by atoms with Crippen molar-refractivity contribution in [2.75, 3.05) is 6.54 Å². The quantitative estimate of drug-likeness (QED) is 0.906. The predicted molar refractivity (Wildman–Crippen MR) is 78.7 cm³/mol. The monoisotopic (exact) mass is 273 g/mol. The highest BCUT2D eigenvalue weighted by molar-refractivity contribution is 6.31. The van der Waals surface area contributed by atoms with E-state index in [0.717, 1.165) is 22.6 Å². The van der Waals surface area contributed by atoms with Crippen molar-refractivity contribution in [3.63, 3.8) is 0 Å². The Morgan fingerprint density at radius 3 is 2.47 bits per heavy atom. The van der Waals surface area contributed by atoms with Gasteiger partial charge in [-0.15, -0.1) is 0 Å². The van der Waals surface area contributed by atoms with Crippen LogP contribution >= 0.6 is 11.6 Å². The Hall–Kier alpha value is -1.80. The summed E-state index contributed by atoms with van der Waals surface area (Å²) in [6, 6.07) is 15.2. The third-order valence-corrected chi connectivity index (χ3v) is 3.32. The third-order valence-electron chi connectivity index (χ3n) is 2.95. The summed E-state index contributed by atoms with van der Waals surface area (Å²) in [6.45, 7) is 2.58. The van der Waals surface area contributed by atoms with Crippen molar-refractivity contribution >= 4 is 17.5 Å². The minimum atomic E-state index is -0.0490. The van der Waals surface area contributed by atoms with Crippen molar-refractivity contribution in [1.82, 2.24) is 5.32 Å². The smallest absolute Gasteiger partial charge is 0.251 e. The van der Waals surface area contributed by atoms with E-state index in [-0.39, 0.29) is 5.91 Å². The Bertz CT molecular complexity index is 563. The first-order valence-corrected chi connectivity index (χ1v) is 6.63. The molecule has 0 aliphatic heterocycles. The van der Waals surface area contributed by atoms with Gasteiger partial charge in [0.25, 0.3) is 5.91 Å². The zero-order chi connectivity index (χ0) is 13.7. The molecule has 3 heteroatoms. The summed E-state index contributed by atoms with van der Waals surface area (Å²) < 4.78 is 0. The summed E-state index contributed by atoms with van der Waals surface area (Å²) in [6.07, 6.45) is 0.733. The van der Waals surface area contributed by atoms with Crippen LogP contribution in [-0.4, -0.2) is 12.5 Å². The van der Waals surface area contributed by atoms with Crippen molar-refractivity contribution in [3.8, 4) is 0 Å². The van der Waals surface area contributed by atoms with Gasteiger partial charge in [0, 0.05) is 17.1 Å². The summed E-state index contributed by atoms with van der Waals surface area (Å²) in [4.78, 5) is 11.9. The van der Waals surface area contributed by atoms with Crippen LogP contribution in [0.25, 0.3) is 0 Å². The minimum Gasteiger partial charge on any atom is -0.352 e. The molecule has 0 spiro atoms. The van der Waals surface area contributed by atoms with Crippen molar-refractivity contribution in [1.29, 1.82) is 0 Å². The highest BCUT2D eigenvalue weighted by Gasteiger charge is 2.05. The molecule has 0 heterocycles. The molecule has 2 rings (SSSR count). The van der Waals surface area contributed by atoms with E-state index in [1.807, 2.05) is 55.5 Å². The van der Waals surface area contributed by atoms with Crippen LogP contribution in [0.2, 0.25) is 5.02 Å². The highest BCUT2D eigenvalue weighted by Crippen LogP contribution is 2.14. The number of aryl methyl sites for hydroxylation is 1. The molecule has 0 aliphatic rings. The lowest BCUT2D eigenvalue weighted by atomic mass is 10.1. The molecule has 0 bridgehead atoms. The molecule has 1 amide bonds. The number of nitrogens with one attached hydrogen (secondary N) is 1. The maximum atomic E-state index is 11.9. The topological polar surface area (TPSA) is 29.1 Å². The van der Waals surface area contributed by atoms with E-state index in [1.54, 1.807) is 0 Å². The first-order chi connectivity index (χ1) is 9.16. The molecule has 0 fully saturated rings. The Labute approximate surface area is 118 Å². The van der Waals surface area contributed by atoms with Gasteiger partial charge in [-0.25, -0.2) is 0 Å². The molecule has 98 valence electrons. The van der Waals surface area contributed by atoms with Crippen LogP contribution in [-0.2, 0) is 6.42 Å². The molecular weight excluding hydrogens is 258 g/mol. The van der Waals surface area contributed by atoms with Gasteiger partial charge in [0.05, 0.1) is 0 Å². The fourth-order valence-electron chi connectivity index (χ4n) is 1.82. The van der Waals surface area contributed by atoms with Crippen molar-refractivity contribution in [2.24, 2.45) is 0 Å².